The molecule has 1 aliphatic rings. The second kappa shape index (κ2) is 7.32. The molecule has 0 radical (unpaired) electrons. The van der Waals surface area contributed by atoms with Crippen LogP contribution < -0.4 is 20.9 Å². The van der Waals surface area contributed by atoms with Gasteiger partial charge in [0.2, 0.25) is 0 Å². The Morgan fingerprint density at radius 2 is 2.09 bits per heavy atom. The molecule has 2 rings (SSSR count). The molecule has 126 valence electrons. The number of carbonyl (C=O) groups is 2. The van der Waals surface area contributed by atoms with Crippen LogP contribution in [0.5, 0.6) is 11.5 Å². The van der Waals surface area contributed by atoms with Gasteiger partial charge in [-0.3, -0.25) is 9.59 Å². The Morgan fingerprint density at radius 1 is 1.35 bits per heavy atom. The van der Waals surface area contributed by atoms with E-state index in [-0.39, 0.29) is 18.6 Å². The topological polar surface area (TPSA) is 108 Å². The molecule has 23 heavy (non-hydrogen) atoms. The molecule has 0 bridgehead atoms. The fraction of sp³-hybridized carbons (Fsp3) is 0.500. The van der Waals surface area contributed by atoms with E-state index >= 15 is 0 Å². The fourth-order valence-electron chi connectivity index (χ4n) is 2.83. The average molecular weight is 321 g/mol. The Labute approximate surface area is 135 Å². The van der Waals surface area contributed by atoms with E-state index in [1.807, 2.05) is 11.8 Å². The molecule has 2 unspecified atom stereocenters. The van der Waals surface area contributed by atoms with E-state index in [1.165, 1.54) is 7.11 Å². The summed E-state index contributed by atoms with van der Waals surface area (Å²) in [5.41, 5.74) is 11.3. The van der Waals surface area contributed by atoms with E-state index in [0.717, 1.165) is 6.42 Å². The van der Waals surface area contributed by atoms with Gasteiger partial charge in [-0.1, -0.05) is 0 Å². The van der Waals surface area contributed by atoms with E-state index in [0.29, 0.717) is 36.1 Å². The highest BCUT2D eigenvalue weighted by molar-refractivity contribution is 5.95. The summed E-state index contributed by atoms with van der Waals surface area (Å²) in [6.45, 7) is 3.02. The smallest absolute Gasteiger partial charge is 0.255 e. The number of nitrogens with zero attached hydrogens (tertiary/aromatic N) is 1. The normalized spacial score (nSPS) is 20.4. The molecule has 0 aromatic heterocycles. The lowest BCUT2D eigenvalue weighted by atomic mass is 10.1. The van der Waals surface area contributed by atoms with Crippen LogP contribution in [-0.4, -0.2) is 49.6 Å². The Kier molecular flexibility index (Phi) is 5.44. The molecule has 1 aromatic rings. The Morgan fingerprint density at radius 3 is 2.65 bits per heavy atom. The molecule has 7 heteroatoms. The highest BCUT2D eigenvalue weighted by atomic mass is 16.5. The molecule has 7 nitrogen and oxygen atoms in total. The van der Waals surface area contributed by atoms with Gasteiger partial charge in [0.1, 0.15) is 0 Å². The van der Waals surface area contributed by atoms with Gasteiger partial charge in [0.05, 0.1) is 7.11 Å². The van der Waals surface area contributed by atoms with E-state index in [2.05, 4.69) is 0 Å². The summed E-state index contributed by atoms with van der Waals surface area (Å²) in [5.74, 6) is 0.463. The second-order valence-electron chi connectivity index (χ2n) is 5.76. The molecule has 1 aliphatic heterocycles. The largest absolute Gasteiger partial charge is 0.493 e. The molecule has 0 saturated carbocycles. The number of methoxy groups -OCH3 is 1. The fourth-order valence-corrected chi connectivity index (χ4v) is 2.83. The van der Waals surface area contributed by atoms with Crippen molar-refractivity contribution in [1.29, 1.82) is 0 Å². The molecule has 0 aliphatic carbocycles. The van der Waals surface area contributed by atoms with Gasteiger partial charge in [0, 0.05) is 18.2 Å². The molecule has 1 fully saturated rings. The van der Waals surface area contributed by atoms with E-state index < -0.39 is 5.91 Å². The number of hydrogen-bond donors (Lipinski definition) is 2. The van der Waals surface area contributed by atoms with Gasteiger partial charge < -0.3 is 25.8 Å². The highest BCUT2D eigenvalue weighted by Crippen LogP contribution is 2.30. The number of likely N-dealkylation sites (tertiary alicyclic amines) is 1. The number of primary amides is 1. The van der Waals surface area contributed by atoms with Crippen molar-refractivity contribution in [2.24, 2.45) is 17.4 Å². The van der Waals surface area contributed by atoms with Crippen LogP contribution in [0.1, 0.15) is 23.7 Å². The van der Waals surface area contributed by atoms with Crippen molar-refractivity contribution in [3.8, 4) is 11.5 Å². The van der Waals surface area contributed by atoms with Crippen LogP contribution in [0, 0.1) is 5.92 Å². The van der Waals surface area contributed by atoms with Crippen LogP contribution in [0.15, 0.2) is 18.2 Å². The Bertz CT molecular complexity index is 591. The molecule has 1 saturated heterocycles. The van der Waals surface area contributed by atoms with Crippen molar-refractivity contribution >= 4 is 11.8 Å². The number of benzene rings is 1. The first-order chi connectivity index (χ1) is 11.0. The van der Waals surface area contributed by atoms with E-state index in [4.69, 9.17) is 20.9 Å². The number of carbonyl (C=O) groups excluding carboxylic acids is 2. The lowest BCUT2D eigenvalue weighted by Crippen LogP contribution is -2.34. The summed E-state index contributed by atoms with van der Waals surface area (Å²) in [6, 6.07) is 5.04. The van der Waals surface area contributed by atoms with Crippen LogP contribution in [0.2, 0.25) is 0 Å². The Balaban J connectivity index is 2.16. The molecule has 1 aromatic carbocycles. The van der Waals surface area contributed by atoms with Gasteiger partial charge >= 0.3 is 0 Å². The zero-order chi connectivity index (χ0) is 17.0. The van der Waals surface area contributed by atoms with E-state index in [9.17, 15) is 9.59 Å². The third-order valence-electron chi connectivity index (χ3n) is 4.04. The van der Waals surface area contributed by atoms with Gasteiger partial charge in [-0.15, -0.1) is 0 Å². The maximum Gasteiger partial charge on any atom is 0.255 e. The monoisotopic (exact) mass is 321 g/mol. The summed E-state index contributed by atoms with van der Waals surface area (Å²) < 4.78 is 10.5. The summed E-state index contributed by atoms with van der Waals surface area (Å²) in [6.07, 6.45) is 0.916. The standard InChI is InChI=1S/C16H23N3O4/c1-10-5-11(7-17)8-19(10)16(21)12-3-4-13(14(6-12)22-2)23-9-15(18)20/h3-4,6,10-11H,5,7-9,17H2,1-2H3,(H2,18,20). The first-order valence-corrected chi connectivity index (χ1v) is 7.56. The maximum atomic E-state index is 12.7. The van der Waals surface area contributed by atoms with Crippen molar-refractivity contribution in [2.75, 3.05) is 26.8 Å². The molecular weight excluding hydrogens is 298 g/mol. The van der Waals surface area contributed by atoms with Crippen LogP contribution in [0.4, 0.5) is 0 Å². The lowest BCUT2D eigenvalue weighted by Gasteiger charge is -2.22. The van der Waals surface area contributed by atoms with Crippen LogP contribution in [0.25, 0.3) is 0 Å². The minimum atomic E-state index is -0.578. The number of amides is 2. The van der Waals surface area contributed by atoms with Crippen LogP contribution >= 0.6 is 0 Å². The minimum absolute atomic E-state index is 0.0619. The average Bonchev–Trinajstić information content (AvgIpc) is 2.93. The van der Waals surface area contributed by atoms with Gasteiger partial charge in [0.15, 0.2) is 18.1 Å². The number of ether oxygens (including phenoxy) is 2. The van der Waals surface area contributed by atoms with Gasteiger partial charge in [-0.2, -0.15) is 0 Å². The zero-order valence-electron chi connectivity index (χ0n) is 13.5. The van der Waals surface area contributed by atoms with Crippen molar-refractivity contribution in [2.45, 2.75) is 19.4 Å². The van der Waals surface area contributed by atoms with Crippen molar-refractivity contribution in [3.05, 3.63) is 23.8 Å². The van der Waals surface area contributed by atoms with Crippen molar-refractivity contribution in [1.82, 2.24) is 4.90 Å². The maximum absolute atomic E-state index is 12.7. The molecule has 2 atom stereocenters. The van der Waals surface area contributed by atoms with E-state index in [1.54, 1.807) is 18.2 Å². The Hall–Kier alpha value is -2.28. The number of hydrogen-bond acceptors (Lipinski definition) is 5. The summed E-state index contributed by atoms with van der Waals surface area (Å²) in [5, 5.41) is 0. The third kappa shape index (κ3) is 3.92. The molecule has 2 amide bonds. The highest BCUT2D eigenvalue weighted by Gasteiger charge is 2.32. The summed E-state index contributed by atoms with van der Waals surface area (Å²) in [4.78, 5) is 25.3. The summed E-state index contributed by atoms with van der Waals surface area (Å²) in [7, 11) is 1.48. The molecule has 4 N–H and O–H groups in total. The second-order valence-corrected chi connectivity index (χ2v) is 5.76. The predicted molar refractivity (Wildman–Crippen MR) is 85.3 cm³/mol. The zero-order valence-corrected chi connectivity index (χ0v) is 13.5. The number of nitrogens with two attached hydrogens (primary N) is 2. The van der Waals surface area contributed by atoms with Crippen molar-refractivity contribution < 1.29 is 19.1 Å². The quantitative estimate of drug-likeness (QED) is 0.787. The van der Waals surface area contributed by atoms with Gasteiger partial charge in [-0.05, 0) is 44.0 Å². The first-order valence-electron chi connectivity index (χ1n) is 7.56. The molecule has 1 heterocycles. The first kappa shape index (κ1) is 17.1. The SMILES string of the molecule is COc1cc(C(=O)N2CC(CN)CC2C)ccc1OCC(N)=O. The van der Waals surface area contributed by atoms with Crippen molar-refractivity contribution in [3.63, 3.8) is 0 Å². The van der Waals surface area contributed by atoms with Gasteiger partial charge in [-0.25, -0.2) is 0 Å². The number of rotatable bonds is 6. The third-order valence-corrected chi connectivity index (χ3v) is 4.04. The predicted octanol–water partition coefficient (Wildman–Crippen LogP) is 0.369. The lowest BCUT2D eigenvalue weighted by molar-refractivity contribution is -0.119. The summed E-state index contributed by atoms with van der Waals surface area (Å²) >= 11 is 0. The van der Waals surface area contributed by atoms with Crippen LogP contribution in [-0.2, 0) is 4.79 Å². The molecular formula is C16H23N3O4. The molecule has 0 spiro atoms. The minimum Gasteiger partial charge on any atom is -0.493 e. The van der Waals surface area contributed by atoms with Gasteiger partial charge in [0.25, 0.3) is 11.8 Å². The van der Waals surface area contributed by atoms with Crippen LogP contribution in [0.3, 0.4) is 0 Å².